The molecule has 0 aliphatic heterocycles. The summed E-state index contributed by atoms with van der Waals surface area (Å²) in [4.78, 5) is 14.5. The number of rotatable bonds is 3. The summed E-state index contributed by atoms with van der Waals surface area (Å²) in [6.07, 6.45) is -1.16. The lowest BCUT2D eigenvalue weighted by Crippen LogP contribution is -2.11. The van der Waals surface area contributed by atoms with Crippen molar-refractivity contribution in [1.82, 2.24) is 0 Å². The van der Waals surface area contributed by atoms with Crippen molar-refractivity contribution in [3.63, 3.8) is 0 Å². The molecule has 0 aliphatic rings. The van der Waals surface area contributed by atoms with Gasteiger partial charge in [-0.2, -0.15) is 5.26 Å². The molecule has 1 aromatic carbocycles. The van der Waals surface area contributed by atoms with Gasteiger partial charge < -0.3 is 10.2 Å². The largest absolute Gasteiger partial charge is 0.393 e. The van der Waals surface area contributed by atoms with Gasteiger partial charge in [0, 0.05) is 0 Å². The molecule has 0 saturated heterocycles. The normalized spacial score (nSPS) is 12.2. The van der Waals surface area contributed by atoms with Crippen molar-refractivity contribution >= 4 is 5.97 Å². The van der Waals surface area contributed by atoms with Gasteiger partial charge in [0.05, 0.1) is 12.2 Å². The topological polar surface area (TPSA) is 87.0 Å². The fourth-order valence-corrected chi connectivity index (χ4v) is 1.12. The van der Waals surface area contributed by atoms with E-state index in [0.29, 0.717) is 0 Å². The van der Waals surface area contributed by atoms with Crippen molar-refractivity contribution in [3.05, 3.63) is 35.4 Å². The van der Waals surface area contributed by atoms with Crippen molar-refractivity contribution in [2.24, 2.45) is 0 Å². The first-order valence-corrected chi connectivity index (χ1v) is 3.94. The van der Waals surface area contributed by atoms with Gasteiger partial charge in [0.2, 0.25) is 0 Å². The van der Waals surface area contributed by atoms with Crippen LogP contribution in [0.3, 0.4) is 0 Å². The SMILES string of the molecule is O=C(OO)c1ccccc1C(O)CO. The molecule has 76 valence electrons. The molecule has 0 bridgehead atoms. The van der Waals surface area contributed by atoms with Crippen LogP contribution in [0.1, 0.15) is 22.0 Å². The van der Waals surface area contributed by atoms with E-state index in [0.717, 1.165) is 0 Å². The molecule has 5 heteroatoms. The van der Waals surface area contributed by atoms with Crippen LogP contribution in [0.25, 0.3) is 0 Å². The molecule has 14 heavy (non-hydrogen) atoms. The zero-order chi connectivity index (χ0) is 10.6. The van der Waals surface area contributed by atoms with Gasteiger partial charge in [-0.05, 0) is 11.6 Å². The summed E-state index contributed by atoms with van der Waals surface area (Å²) in [7, 11) is 0. The third-order valence-corrected chi connectivity index (χ3v) is 1.80. The molecule has 0 aliphatic carbocycles. The molecular formula is C9H10O5. The summed E-state index contributed by atoms with van der Waals surface area (Å²) < 4.78 is 0. The zero-order valence-corrected chi connectivity index (χ0v) is 7.25. The molecule has 1 unspecified atom stereocenters. The summed E-state index contributed by atoms with van der Waals surface area (Å²) in [6, 6.07) is 6.00. The number of hydrogen-bond acceptors (Lipinski definition) is 5. The molecule has 1 aromatic rings. The fourth-order valence-electron chi connectivity index (χ4n) is 1.12. The molecule has 0 radical (unpaired) electrons. The Bertz CT molecular complexity index is 323. The van der Waals surface area contributed by atoms with Gasteiger partial charge in [-0.15, -0.1) is 0 Å². The van der Waals surface area contributed by atoms with Crippen LogP contribution < -0.4 is 0 Å². The first-order chi connectivity index (χ1) is 6.70. The van der Waals surface area contributed by atoms with Crippen molar-refractivity contribution in [3.8, 4) is 0 Å². The molecule has 3 N–H and O–H groups in total. The van der Waals surface area contributed by atoms with Crippen LogP contribution in [0.5, 0.6) is 0 Å². The van der Waals surface area contributed by atoms with E-state index < -0.39 is 18.7 Å². The Kier molecular flexibility index (Phi) is 3.58. The second-order valence-corrected chi connectivity index (χ2v) is 2.66. The minimum absolute atomic E-state index is 0.0246. The van der Waals surface area contributed by atoms with Gasteiger partial charge >= 0.3 is 5.97 Å². The van der Waals surface area contributed by atoms with E-state index in [1.165, 1.54) is 12.1 Å². The average molecular weight is 198 g/mol. The third-order valence-electron chi connectivity index (χ3n) is 1.80. The third kappa shape index (κ3) is 2.08. The number of carbonyl (C=O) groups is 1. The van der Waals surface area contributed by atoms with Crippen molar-refractivity contribution in [2.45, 2.75) is 6.10 Å². The van der Waals surface area contributed by atoms with Crippen LogP contribution >= 0.6 is 0 Å². The summed E-state index contributed by atoms with van der Waals surface area (Å²) in [5.41, 5.74) is 0.241. The first-order valence-electron chi connectivity index (χ1n) is 3.94. The van der Waals surface area contributed by atoms with Crippen LogP contribution in [-0.2, 0) is 4.89 Å². The molecule has 5 nitrogen and oxygen atoms in total. The fraction of sp³-hybridized carbons (Fsp3) is 0.222. The summed E-state index contributed by atoms with van der Waals surface area (Å²) in [5.74, 6) is -0.965. The van der Waals surface area contributed by atoms with E-state index in [4.69, 9.17) is 10.4 Å². The Hall–Kier alpha value is -1.43. The lowest BCUT2D eigenvalue weighted by molar-refractivity contribution is -0.183. The van der Waals surface area contributed by atoms with E-state index in [9.17, 15) is 9.90 Å². The van der Waals surface area contributed by atoms with Crippen LogP contribution in [0, 0.1) is 0 Å². The van der Waals surface area contributed by atoms with Crippen LogP contribution in [0.4, 0.5) is 0 Å². The maximum Gasteiger partial charge on any atom is 0.373 e. The number of carbonyl (C=O) groups excluding carboxylic acids is 1. The Morgan fingerprint density at radius 3 is 2.64 bits per heavy atom. The molecule has 0 fully saturated rings. The minimum atomic E-state index is -1.16. The second kappa shape index (κ2) is 4.71. The van der Waals surface area contributed by atoms with E-state index in [1.807, 2.05) is 0 Å². The van der Waals surface area contributed by atoms with E-state index in [-0.39, 0.29) is 11.1 Å². The Labute approximate surface area is 80.1 Å². The lowest BCUT2D eigenvalue weighted by atomic mass is 10.0. The van der Waals surface area contributed by atoms with Crippen LogP contribution in [0.2, 0.25) is 0 Å². The highest BCUT2D eigenvalue weighted by molar-refractivity contribution is 5.90. The van der Waals surface area contributed by atoms with Gasteiger partial charge in [-0.1, -0.05) is 18.2 Å². The number of benzene rings is 1. The van der Waals surface area contributed by atoms with E-state index in [1.54, 1.807) is 12.1 Å². The smallest absolute Gasteiger partial charge is 0.373 e. The molecule has 0 heterocycles. The predicted molar refractivity (Wildman–Crippen MR) is 46.5 cm³/mol. The Balaban J connectivity index is 3.09. The van der Waals surface area contributed by atoms with Crippen molar-refractivity contribution < 1.29 is 25.2 Å². The van der Waals surface area contributed by atoms with Gasteiger partial charge in [0.1, 0.15) is 6.10 Å². The maximum atomic E-state index is 11.0. The highest BCUT2D eigenvalue weighted by Gasteiger charge is 2.17. The molecule has 0 amide bonds. The van der Waals surface area contributed by atoms with Gasteiger partial charge in [0.25, 0.3) is 0 Å². The lowest BCUT2D eigenvalue weighted by Gasteiger charge is -2.10. The monoisotopic (exact) mass is 198 g/mol. The van der Waals surface area contributed by atoms with Crippen LogP contribution in [0.15, 0.2) is 24.3 Å². The van der Waals surface area contributed by atoms with Gasteiger partial charge in [-0.3, -0.25) is 4.89 Å². The number of aliphatic hydroxyl groups excluding tert-OH is 2. The summed E-state index contributed by atoms with van der Waals surface area (Å²) in [6.45, 7) is -0.504. The second-order valence-electron chi connectivity index (χ2n) is 2.66. The maximum absolute atomic E-state index is 11.0. The summed E-state index contributed by atoms with van der Waals surface area (Å²) in [5, 5.41) is 26.2. The van der Waals surface area contributed by atoms with Crippen molar-refractivity contribution in [1.29, 1.82) is 0 Å². The minimum Gasteiger partial charge on any atom is -0.393 e. The highest BCUT2D eigenvalue weighted by atomic mass is 17.1. The predicted octanol–water partition coefficient (Wildman–Crippen LogP) is 0.342. The molecule has 1 rings (SSSR count). The quantitative estimate of drug-likeness (QED) is 0.481. The standard InChI is InChI=1S/C9H10O5/c10-5-8(11)6-3-1-2-4-7(6)9(12)14-13/h1-4,8,10-11,13H,5H2. The van der Waals surface area contributed by atoms with Crippen molar-refractivity contribution in [2.75, 3.05) is 6.61 Å². The average Bonchev–Trinajstić information content (AvgIpc) is 2.27. The number of aliphatic hydroxyl groups is 2. The Morgan fingerprint density at radius 2 is 2.07 bits per heavy atom. The molecule has 0 spiro atoms. The number of hydrogen-bond donors (Lipinski definition) is 3. The van der Waals surface area contributed by atoms with E-state index in [2.05, 4.69) is 4.89 Å². The molecule has 1 atom stereocenters. The Morgan fingerprint density at radius 1 is 1.43 bits per heavy atom. The molecule has 0 aromatic heterocycles. The first kappa shape index (κ1) is 10.6. The zero-order valence-electron chi connectivity index (χ0n) is 7.25. The van der Waals surface area contributed by atoms with Crippen LogP contribution in [-0.4, -0.2) is 28.0 Å². The molecule has 0 saturated carbocycles. The summed E-state index contributed by atoms with van der Waals surface area (Å²) >= 11 is 0. The highest BCUT2D eigenvalue weighted by Crippen LogP contribution is 2.17. The van der Waals surface area contributed by atoms with E-state index >= 15 is 0 Å². The van der Waals surface area contributed by atoms with Gasteiger partial charge in [0.15, 0.2) is 0 Å². The molecular weight excluding hydrogens is 188 g/mol. The van der Waals surface area contributed by atoms with Gasteiger partial charge in [-0.25, -0.2) is 4.79 Å².